The third-order valence-corrected chi connectivity index (χ3v) is 6.26. The molecule has 0 unspecified atom stereocenters. The van der Waals surface area contributed by atoms with Crippen molar-refractivity contribution < 1.29 is 19.4 Å². The molecule has 182 valence electrons. The zero-order chi connectivity index (χ0) is 23.8. The second-order valence-electron chi connectivity index (χ2n) is 8.97. The van der Waals surface area contributed by atoms with Gasteiger partial charge in [-0.15, -0.1) is 5.10 Å². The molecule has 1 aromatic carbocycles. The average molecular weight is 460 g/mol. The molecule has 0 aliphatic carbocycles. The number of amides is 1. The number of aliphatic hydroxyl groups excluding tert-OH is 1. The van der Waals surface area contributed by atoms with Gasteiger partial charge in [0.25, 0.3) is 0 Å². The number of carbonyl (C=O) groups is 1. The zero-order valence-electron chi connectivity index (χ0n) is 20.2. The summed E-state index contributed by atoms with van der Waals surface area (Å²) in [7, 11) is 3.74. The van der Waals surface area contributed by atoms with Crippen LogP contribution in [-0.4, -0.2) is 81.8 Å². The summed E-state index contributed by atoms with van der Waals surface area (Å²) in [6.45, 7) is 6.87. The van der Waals surface area contributed by atoms with Crippen LogP contribution in [0.25, 0.3) is 0 Å². The van der Waals surface area contributed by atoms with Crippen molar-refractivity contribution in [2.45, 2.75) is 58.5 Å². The molecule has 33 heavy (non-hydrogen) atoms. The van der Waals surface area contributed by atoms with Crippen LogP contribution < -0.4 is 4.74 Å². The summed E-state index contributed by atoms with van der Waals surface area (Å²) < 4.78 is 13.7. The molecule has 2 aromatic rings. The monoisotopic (exact) mass is 459 g/mol. The number of benzene rings is 1. The van der Waals surface area contributed by atoms with Crippen LogP contribution in [0.2, 0.25) is 0 Å². The van der Waals surface area contributed by atoms with Gasteiger partial charge in [-0.25, -0.2) is 4.68 Å². The van der Waals surface area contributed by atoms with Crippen LogP contribution >= 0.6 is 0 Å². The first-order valence-corrected chi connectivity index (χ1v) is 11.6. The van der Waals surface area contributed by atoms with Crippen LogP contribution in [0.3, 0.4) is 0 Å². The predicted octanol–water partition coefficient (Wildman–Crippen LogP) is 1.94. The molecule has 1 aliphatic rings. The standard InChI is InChI=1S/C24H37N5O4/c1-18-13-28(19(2)16-30)24(31)10-7-11-29-21(12-25-26-29)17-33-23(18)15-27(3)14-20-8-5-6-9-22(20)32-4/h5-6,8-9,12,18-19,23,30H,7,10-11,13-17H2,1-4H3/t18-,19+,23+/m1/s1. The van der Waals surface area contributed by atoms with E-state index in [1.54, 1.807) is 18.2 Å². The molecule has 0 radical (unpaired) electrons. The number of ether oxygens (including phenoxy) is 2. The van der Waals surface area contributed by atoms with E-state index in [1.807, 2.05) is 29.8 Å². The molecular weight excluding hydrogens is 422 g/mol. The normalized spacial score (nSPS) is 21.3. The van der Waals surface area contributed by atoms with Gasteiger partial charge >= 0.3 is 0 Å². The molecule has 1 aromatic heterocycles. The highest BCUT2D eigenvalue weighted by Crippen LogP contribution is 2.21. The fraction of sp³-hybridized carbons (Fsp3) is 0.625. The number of aliphatic hydroxyl groups is 1. The molecule has 9 nitrogen and oxygen atoms in total. The topological polar surface area (TPSA) is 93.0 Å². The van der Waals surface area contributed by atoms with E-state index >= 15 is 0 Å². The Balaban J connectivity index is 1.78. The molecule has 0 saturated carbocycles. The Morgan fingerprint density at radius 3 is 2.91 bits per heavy atom. The van der Waals surface area contributed by atoms with E-state index < -0.39 is 0 Å². The quantitative estimate of drug-likeness (QED) is 0.676. The van der Waals surface area contributed by atoms with Gasteiger partial charge in [-0.3, -0.25) is 9.69 Å². The zero-order valence-corrected chi connectivity index (χ0v) is 20.2. The predicted molar refractivity (Wildman–Crippen MR) is 125 cm³/mol. The van der Waals surface area contributed by atoms with Gasteiger partial charge in [0.15, 0.2) is 0 Å². The first-order valence-electron chi connectivity index (χ1n) is 11.6. The lowest BCUT2D eigenvalue weighted by Crippen LogP contribution is -2.47. The van der Waals surface area contributed by atoms with Crippen LogP contribution in [-0.2, 0) is 29.2 Å². The maximum absolute atomic E-state index is 13.0. The van der Waals surface area contributed by atoms with E-state index in [0.717, 1.165) is 17.0 Å². The molecule has 3 rings (SSSR count). The number of likely N-dealkylation sites (N-methyl/N-ethyl adjacent to an activating group) is 1. The van der Waals surface area contributed by atoms with E-state index in [-0.39, 0.29) is 30.6 Å². The SMILES string of the molecule is COc1ccccc1CN(C)C[C@@H]1OCc2cnnn2CCCC(=O)N([C@@H](C)CO)C[C@H]1C. The summed E-state index contributed by atoms with van der Waals surface area (Å²) in [5.74, 6) is 0.971. The van der Waals surface area contributed by atoms with E-state index in [2.05, 4.69) is 35.2 Å². The number of para-hydroxylation sites is 1. The molecule has 1 amide bonds. The molecule has 2 heterocycles. The van der Waals surface area contributed by atoms with Crippen molar-refractivity contribution in [2.24, 2.45) is 5.92 Å². The summed E-state index contributed by atoms with van der Waals surface area (Å²) in [5, 5.41) is 17.9. The van der Waals surface area contributed by atoms with Crippen molar-refractivity contribution in [1.82, 2.24) is 24.8 Å². The number of carbonyl (C=O) groups excluding carboxylic acids is 1. The van der Waals surface area contributed by atoms with Crippen LogP contribution in [0.4, 0.5) is 0 Å². The molecule has 9 heteroatoms. The van der Waals surface area contributed by atoms with E-state index in [1.165, 1.54) is 0 Å². The molecule has 1 N–H and O–H groups in total. The maximum atomic E-state index is 13.0. The highest BCUT2D eigenvalue weighted by atomic mass is 16.5. The fourth-order valence-electron chi connectivity index (χ4n) is 4.24. The Morgan fingerprint density at radius 1 is 1.36 bits per heavy atom. The summed E-state index contributed by atoms with van der Waals surface area (Å²) in [4.78, 5) is 17.0. The van der Waals surface area contributed by atoms with Crippen LogP contribution in [0.5, 0.6) is 5.75 Å². The van der Waals surface area contributed by atoms with Crippen molar-refractivity contribution in [1.29, 1.82) is 0 Å². The van der Waals surface area contributed by atoms with Gasteiger partial charge < -0.3 is 19.5 Å². The molecule has 0 fully saturated rings. The van der Waals surface area contributed by atoms with Crippen LogP contribution in [0.1, 0.15) is 37.9 Å². The minimum Gasteiger partial charge on any atom is -0.496 e. The van der Waals surface area contributed by atoms with Gasteiger partial charge in [-0.1, -0.05) is 30.3 Å². The van der Waals surface area contributed by atoms with Gasteiger partial charge in [-0.2, -0.15) is 0 Å². The van der Waals surface area contributed by atoms with Crippen molar-refractivity contribution in [2.75, 3.05) is 33.9 Å². The van der Waals surface area contributed by atoms with E-state index in [9.17, 15) is 9.90 Å². The van der Waals surface area contributed by atoms with Crippen molar-refractivity contribution in [3.63, 3.8) is 0 Å². The molecular formula is C24H37N5O4. The Morgan fingerprint density at radius 2 is 2.15 bits per heavy atom. The lowest BCUT2D eigenvalue weighted by molar-refractivity contribution is -0.136. The fourth-order valence-corrected chi connectivity index (χ4v) is 4.24. The second-order valence-corrected chi connectivity index (χ2v) is 8.97. The smallest absolute Gasteiger partial charge is 0.222 e. The van der Waals surface area contributed by atoms with Gasteiger partial charge in [0.2, 0.25) is 5.91 Å². The third kappa shape index (κ3) is 6.75. The number of rotatable bonds is 7. The Labute approximate surface area is 196 Å². The number of methoxy groups -OCH3 is 1. The summed E-state index contributed by atoms with van der Waals surface area (Å²) >= 11 is 0. The number of fused-ring (bicyclic) bond motifs is 1. The first kappa shape index (κ1) is 25.1. The summed E-state index contributed by atoms with van der Waals surface area (Å²) in [5.41, 5.74) is 2.02. The Bertz CT molecular complexity index is 889. The summed E-state index contributed by atoms with van der Waals surface area (Å²) in [6.07, 6.45) is 2.68. The Hall–Kier alpha value is -2.49. The van der Waals surface area contributed by atoms with Gasteiger partial charge in [0, 0.05) is 44.1 Å². The van der Waals surface area contributed by atoms with E-state index in [4.69, 9.17) is 9.47 Å². The van der Waals surface area contributed by atoms with Crippen molar-refractivity contribution in [3.05, 3.63) is 41.7 Å². The van der Waals surface area contributed by atoms with Crippen molar-refractivity contribution in [3.8, 4) is 5.75 Å². The van der Waals surface area contributed by atoms with E-state index in [0.29, 0.717) is 45.6 Å². The minimum absolute atomic E-state index is 0.0479. The highest BCUT2D eigenvalue weighted by molar-refractivity contribution is 5.76. The molecule has 1 aliphatic heterocycles. The maximum Gasteiger partial charge on any atom is 0.222 e. The number of hydrogen-bond donors (Lipinski definition) is 1. The number of nitrogens with zero attached hydrogens (tertiary/aromatic N) is 5. The second kappa shape index (κ2) is 12.1. The first-order chi connectivity index (χ1) is 15.9. The lowest BCUT2D eigenvalue weighted by atomic mass is 10.0. The van der Waals surface area contributed by atoms with Gasteiger partial charge in [0.05, 0.1) is 44.4 Å². The van der Waals surface area contributed by atoms with Crippen molar-refractivity contribution >= 4 is 5.91 Å². The highest BCUT2D eigenvalue weighted by Gasteiger charge is 2.28. The number of hydrogen-bond acceptors (Lipinski definition) is 7. The largest absolute Gasteiger partial charge is 0.496 e. The number of aryl methyl sites for hydroxylation is 1. The molecule has 3 atom stereocenters. The average Bonchev–Trinajstić information content (AvgIpc) is 3.26. The lowest BCUT2D eigenvalue weighted by Gasteiger charge is -2.35. The summed E-state index contributed by atoms with van der Waals surface area (Å²) in [6, 6.07) is 7.76. The Kier molecular flexibility index (Phi) is 9.22. The van der Waals surface area contributed by atoms with Crippen LogP contribution in [0.15, 0.2) is 30.5 Å². The molecule has 0 saturated heterocycles. The molecule has 0 spiro atoms. The van der Waals surface area contributed by atoms with Gasteiger partial charge in [-0.05, 0) is 26.5 Å². The minimum atomic E-state index is -0.239. The number of aromatic nitrogens is 3. The molecule has 0 bridgehead atoms. The van der Waals surface area contributed by atoms with Crippen LogP contribution in [0, 0.1) is 5.92 Å². The third-order valence-electron chi connectivity index (χ3n) is 6.26. The van der Waals surface area contributed by atoms with Gasteiger partial charge in [0.1, 0.15) is 5.75 Å².